The molecule has 0 bridgehead atoms. The lowest BCUT2D eigenvalue weighted by Gasteiger charge is -2.30. The van der Waals surface area contributed by atoms with Crippen molar-refractivity contribution in [3.8, 4) is 0 Å². The van der Waals surface area contributed by atoms with Crippen LogP contribution in [-0.4, -0.2) is 48.1 Å². The summed E-state index contributed by atoms with van der Waals surface area (Å²) in [5, 5.41) is 3.72. The first-order chi connectivity index (χ1) is 9.79. The van der Waals surface area contributed by atoms with Gasteiger partial charge in [-0.15, -0.1) is 0 Å². The number of benzene rings is 1. The average Bonchev–Trinajstić information content (AvgIpc) is 2.71. The molecule has 1 aliphatic heterocycles. The molecule has 0 aliphatic carbocycles. The maximum atomic E-state index is 3.72. The van der Waals surface area contributed by atoms with Gasteiger partial charge in [0.2, 0.25) is 0 Å². The molecule has 1 fully saturated rings. The summed E-state index contributed by atoms with van der Waals surface area (Å²) in [6.07, 6.45) is 2.41. The summed E-state index contributed by atoms with van der Waals surface area (Å²) in [6.45, 7) is 8.21. The number of thioether (sulfide) groups is 1. The van der Waals surface area contributed by atoms with Gasteiger partial charge < -0.3 is 5.32 Å². The van der Waals surface area contributed by atoms with Crippen molar-refractivity contribution in [2.45, 2.75) is 38.8 Å². The standard InChI is InChI=1S/C17H28N2S/c1-3-20-14-15(2)19-11-7-10-18-17(13-19)12-16-8-5-4-6-9-16/h4-6,8-9,15,17-18H,3,7,10-14H2,1-2H3. The van der Waals surface area contributed by atoms with Gasteiger partial charge in [-0.05, 0) is 44.2 Å². The van der Waals surface area contributed by atoms with Crippen LogP contribution < -0.4 is 5.32 Å². The highest BCUT2D eigenvalue weighted by atomic mass is 32.2. The summed E-state index contributed by atoms with van der Waals surface area (Å²) in [7, 11) is 0. The third kappa shape index (κ3) is 5.12. The molecule has 2 unspecified atom stereocenters. The molecule has 20 heavy (non-hydrogen) atoms. The van der Waals surface area contributed by atoms with Gasteiger partial charge in [-0.3, -0.25) is 4.90 Å². The molecule has 1 aliphatic rings. The van der Waals surface area contributed by atoms with E-state index in [2.05, 4.69) is 66.2 Å². The van der Waals surface area contributed by atoms with Gasteiger partial charge in [-0.1, -0.05) is 37.3 Å². The van der Waals surface area contributed by atoms with E-state index in [9.17, 15) is 0 Å². The van der Waals surface area contributed by atoms with E-state index < -0.39 is 0 Å². The van der Waals surface area contributed by atoms with E-state index in [1.165, 1.54) is 36.6 Å². The molecular formula is C17H28N2S. The smallest absolute Gasteiger partial charge is 0.0235 e. The Hall–Kier alpha value is -0.510. The van der Waals surface area contributed by atoms with Crippen LogP contribution in [-0.2, 0) is 6.42 Å². The van der Waals surface area contributed by atoms with E-state index in [0.717, 1.165) is 13.0 Å². The zero-order valence-electron chi connectivity index (χ0n) is 12.8. The lowest BCUT2D eigenvalue weighted by Crippen LogP contribution is -2.43. The highest BCUT2D eigenvalue weighted by molar-refractivity contribution is 7.99. The van der Waals surface area contributed by atoms with E-state index in [-0.39, 0.29) is 0 Å². The third-order valence-corrected chi connectivity index (χ3v) is 5.15. The molecule has 0 aromatic heterocycles. The van der Waals surface area contributed by atoms with Crippen molar-refractivity contribution >= 4 is 11.8 Å². The van der Waals surface area contributed by atoms with Crippen molar-refractivity contribution in [1.29, 1.82) is 0 Å². The van der Waals surface area contributed by atoms with Crippen molar-refractivity contribution in [3.63, 3.8) is 0 Å². The summed E-state index contributed by atoms with van der Waals surface area (Å²) < 4.78 is 0. The Labute approximate surface area is 128 Å². The minimum atomic E-state index is 0.592. The molecule has 0 radical (unpaired) electrons. The Bertz CT molecular complexity index is 369. The molecule has 0 spiro atoms. The fourth-order valence-corrected chi connectivity index (χ4v) is 3.64. The predicted octanol–water partition coefficient (Wildman–Crippen LogP) is 3.03. The topological polar surface area (TPSA) is 15.3 Å². The van der Waals surface area contributed by atoms with Crippen molar-refractivity contribution in [3.05, 3.63) is 35.9 Å². The van der Waals surface area contributed by atoms with E-state index in [1.807, 2.05) is 0 Å². The minimum absolute atomic E-state index is 0.592. The summed E-state index contributed by atoms with van der Waals surface area (Å²) in [5.74, 6) is 2.48. The Balaban J connectivity index is 1.89. The molecule has 3 heteroatoms. The highest BCUT2D eigenvalue weighted by Gasteiger charge is 2.21. The van der Waals surface area contributed by atoms with Crippen LogP contribution in [0.1, 0.15) is 25.8 Å². The summed E-state index contributed by atoms with van der Waals surface area (Å²) in [6, 6.07) is 12.2. The van der Waals surface area contributed by atoms with E-state index in [1.54, 1.807) is 0 Å². The fraction of sp³-hybridized carbons (Fsp3) is 0.647. The molecule has 2 atom stereocenters. The highest BCUT2D eigenvalue weighted by Crippen LogP contribution is 2.13. The van der Waals surface area contributed by atoms with Crippen molar-refractivity contribution in [2.24, 2.45) is 0 Å². The molecule has 1 aromatic rings. The molecule has 0 saturated carbocycles. The Kier molecular flexibility index (Phi) is 6.91. The van der Waals surface area contributed by atoms with Gasteiger partial charge in [0.15, 0.2) is 0 Å². The average molecular weight is 292 g/mol. The van der Waals surface area contributed by atoms with Crippen molar-refractivity contribution in [2.75, 3.05) is 31.1 Å². The zero-order chi connectivity index (χ0) is 14.2. The maximum absolute atomic E-state index is 3.72. The molecule has 1 aromatic carbocycles. The first-order valence-electron chi connectivity index (χ1n) is 7.88. The first-order valence-corrected chi connectivity index (χ1v) is 9.04. The van der Waals surface area contributed by atoms with Gasteiger partial charge in [-0.25, -0.2) is 0 Å². The number of nitrogens with zero attached hydrogens (tertiary/aromatic N) is 1. The lowest BCUT2D eigenvalue weighted by atomic mass is 10.1. The monoisotopic (exact) mass is 292 g/mol. The molecule has 1 heterocycles. The molecular weight excluding hydrogens is 264 g/mol. The number of hydrogen-bond acceptors (Lipinski definition) is 3. The molecule has 0 amide bonds. The van der Waals surface area contributed by atoms with Crippen LogP contribution in [0.25, 0.3) is 0 Å². The summed E-state index contributed by atoms with van der Waals surface area (Å²) >= 11 is 2.06. The van der Waals surface area contributed by atoms with Crippen LogP contribution in [0.2, 0.25) is 0 Å². The van der Waals surface area contributed by atoms with E-state index >= 15 is 0 Å². The van der Waals surface area contributed by atoms with Crippen LogP contribution in [0.5, 0.6) is 0 Å². The van der Waals surface area contributed by atoms with Crippen molar-refractivity contribution < 1.29 is 0 Å². The molecule has 2 rings (SSSR count). The van der Waals surface area contributed by atoms with Gasteiger partial charge in [-0.2, -0.15) is 11.8 Å². The second-order valence-corrected chi connectivity index (χ2v) is 7.02. The number of rotatable bonds is 6. The first kappa shape index (κ1) is 15.9. The van der Waals surface area contributed by atoms with E-state index in [4.69, 9.17) is 0 Å². The van der Waals surface area contributed by atoms with Gasteiger partial charge in [0.1, 0.15) is 0 Å². The Morgan fingerprint density at radius 2 is 2.15 bits per heavy atom. The fourth-order valence-electron chi connectivity index (χ4n) is 2.86. The van der Waals surface area contributed by atoms with Crippen LogP contribution in [0.15, 0.2) is 30.3 Å². The zero-order valence-corrected chi connectivity index (χ0v) is 13.7. The molecule has 1 saturated heterocycles. The second-order valence-electron chi connectivity index (χ2n) is 5.70. The quantitative estimate of drug-likeness (QED) is 0.867. The summed E-state index contributed by atoms with van der Waals surface area (Å²) in [4.78, 5) is 2.68. The maximum Gasteiger partial charge on any atom is 0.0235 e. The van der Waals surface area contributed by atoms with Crippen LogP contribution in [0.4, 0.5) is 0 Å². The normalized spacial score (nSPS) is 22.4. The van der Waals surface area contributed by atoms with Gasteiger partial charge >= 0.3 is 0 Å². The minimum Gasteiger partial charge on any atom is -0.312 e. The molecule has 112 valence electrons. The van der Waals surface area contributed by atoms with E-state index in [0.29, 0.717) is 12.1 Å². The van der Waals surface area contributed by atoms with Gasteiger partial charge in [0.25, 0.3) is 0 Å². The van der Waals surface area contributed by atoms with Crippen LogP contribution in [0.3, 0.4) is 0 Å². The predicted molar refractivity (Wildman–Crippen MR) is 90.6 cm³/mol. The van der Waals surface area contributed by atoms with Crippen LogP contribution >= 0.6 is 11.8 Å². The molecule has 1 N–H and O–H groups in total. The number of hydrogen-bond donors (Lipinski definition) is 1. The largest absolute Gasteiger partial charge is 0.312 e. The third-order valence-electron chi connectivity index (χ3n) is 4.02. The van der Waals surface area contributed by atoms with Crippen LogP contribution in [0, 0.1) is 0 Å². The van der Waals surface area contributed by atoms with Crippen molar-refractivity contribution in [1.82, 2.24) is 10.2 Å². The van der Waals surface area contributed by atoms with Gasteiger partial charge in [0.05, 0.1) is 0 Å². The van der Waals surface area contributed by atoms with Gasteiger partial charge in [0, 0.05) is 24.4 Å². The lowest BCUT2D eigenvalue weighted by molar-refractivity contribution is 0.220. The SMILES string of the molecule is CCSCC(C)N1CCCNC(Cc2ccccc2)C1. The Morgan fingerprint density at radius 3 is 2.90 bits per heavy atom. The number of nitrogens with one attached hydrogen (secondary N) is 1. The molecule has 2 nitrogen and oxygen atoms in total. The second kappa shape index (κ2) is 8.71. The summed E-state index contributed by atoms with van der Waals surface area (Å²) in [5.41, 5.74) is 1.45. The Morgan fingerprint density at radius 1 is 1.35 bits per heavy atom.